The van der Waals surface area contributed by atoms with Gasteiger partial charge in [-0.25, -0.2) is 8.78 Å². The molecule has 1 saturated heterocycles. The number of likely N-dealkylation sites (tertiary alicyclic amines) is 1. The van der Waals surface area contributed by atoms with E-state index in [1.165, 1.54) is 0 Å². The number of fused-ring (bicyclic) bond motifs is 2. The molecule has 3 heterocycles. The van der Waals surface area contributed by atoms with Crippen LogP contribution in [0.25, 0.3) is 0 Å². The van der Waals surface area contributed by atoms with Gasteiger partial charge in [-0.15, -0.1) is 11.8 Å². The average molecular weight is 402 g/mol. The lowest BCUT2D eigenvalue weighted by Crippen LogP contribution is -2.39. The Kier molecular flexibility index (Phi) is 4.23. The Morgan fingerprint density at radius 3 is 2.21 bits per heavy atom. The van der Waals surface area contributed by atoms with E-state index in [1.807, 2.05) is 30.3 Å². The molecule has 8 heteroatoms. The van der Waals surface area contributed by atoms with Gasteiger partial charge in [0.1, 0.15) is 6.04 Å². The molecule has 5 rings (SSSR count). The summed E-state index contributed by atoms with van der Waals surface area (Å²) in [6.45, 7) is 0.520. The fourth-order valence-electron chi connectivity index (χ4n) is 3.64. The van der Waals surface area contributed by atoms with Gasteiger partial charge in [-0.3, -0.25) is 9.79 Å². The number of carbonyl (C=O) groups is 1. The molecule has 28 heavy (non-hydrogen) atoms. The van der Waals surface area contributed by atoms with Gasteiger partial charge in [-0.05, 0) is 12.1 Å². The molecule has 0 radical (unpaired) electrons. The molecule has 5 nitrogen and oxygen atoms in total. The van der Waals surface area contributed by atoms with Crippen molar-refractivity contribution in [2.45, 2.75) is 18.2 Å². The van der Waals surface area contributed by atoms with E-state index in [0.29, 0.717) is 5.75 Å². The summed E-state index contributed by atoms with van der Waals surface area (Å²) in [7, 11) is 0. The minimum Gasteiger partial charge on any atom is -0.478 e. The molecule has 0 unspecified atom stereocenters. The molecule has 3 atom stereocenters. The average Bonchev–Trinajstić information content (AvgIpc) is 3.37. The predicted octanol–water partition coefficient (Wildman–Crippen LogP) is 2.88. The van der Waals surface area contributed by atoms with Crippen LogP contribution in [-0.2, 0) is 4.79 Å². The Labute approximate surface area is 164 Å². The summed E-state index contributed by atoms with van der Waals surface area (Å²) in [5, 5.41) is 0.847. The fraction of sp³-hybridized carbons (Fsp3) is 0.300. The molecular formula is C20H16F2N2O3S. The van der Waals surface area contributed by atoms with Crippen molar-refractivity contribution in [2.24, 2.45) is 4.99 Å². The van der Waals surface area contributed by atoms with Crippen molar-refractivity contribution < 1.29 is 23.0 Å². The van der Waals surface area contributed by atoms with E-state index in [0.717, 1.165) is 22.7 Å². The fourth-order valence-corrected chi connectivity index (χ4v) is 4.67. The SMILES string of the molecule is O=C([C@@H]1CSC(c2ccccc2)=N1)N1C[C@@H]2Oc3c(F)ccc(F)c3O[C@@H]2C1. The third-order valence-corrected chi connectivity index (χ3v) is 6.14. The van der Waals surface area contributed by atoms with Crippen LogP contribution in [0.3, 0.4) is 0 Å². The molecule has 2 aromatic rings. The Morgan fingerprint density at radius 2 is 1.61 bits per heavy atom. The van der Waals surface area contributed by atoms with E-state index >= 15 is 0 Å². The van der Waals surface area contributed by atoms with Crippen LogP contribution in [0.4, 0.5) is 8.78 Å². The summed E-state index contributed by atoms with van der Waals surface area (Å²) >= 11 is 1.55. The van der Waals surface area contributed by atoms with Crippen molar-refractivity contribution in [3.8, 4) is 11.5 Å². The highest BCUT2D eigenvalue weighted by atomic mass is 32.2. The van der Waals surface area contributed by atoms with Gasteiger partial charge in [-0.1, -0.05) is 30.3 Å². The third kappa shape index (κ3) is 2.92. The quantitative estimate of drug-likeness (QED) is 0.775. The van der Waals surface area contributed by atoms with Gasteiger partial charge in [-0.2, -0.15) is 0 Å². The molecule has 0 saturated carbocycles. The van der Waals surface area contributed by atoms with Crippen LogP contribution in [0.1, 0.15) is 5.56 Å². The zero-order valence-corrected chi connectivity index (χ0v) is 15.5. The number of hydrogen-bond acceptors (Lipinski definition) is 5. The monoisotopic (exact) mass is 402 g/mol. The summed E-state index contributed by atoms with van der Waals surface area (Å²) in [6.07, 6.45) is -1.06. The number of halogens is 2. The first-order valence-electron chi connectivity index (χ1n) is 8.96. The molecule has 2 aromatic carbocycles. The standard InChI is InChI=1S/C20H16F2N2O3S/c21-12-6-7-13(22)18-17(12)26-15-8-24(9-16(15)27-18)20(25)14-10-28-19(23-14)11-4-2-1-3-5-11/h1-7,14-16H,8-10H2/t14-,15-,16+/m0/s1. The summed E-state index contributed by atoms with van der Waals surface area (Å²) in [6, 6.07) is 11.3. The van der Waals surface area contributed by atoms with Crippen molar-refractivity contribution in [2.75, 3.05) is 18.8 Å². The van der Waals surface area contributed by atoms with Crippen LogP contribution in [0.5, 0.6) is 11.5 Å². The smallest absolute Gasteiger partial charge is 0.248 e. The Morgan fingerprint density at radius 1 is 1.00 bits per heavy atom. The van der Waals surface area contributed by atoms with E-state index < -0.39 is 29.9 Å². The highest BCUT2D eigenvalue weighted by Gasteiger charge is 2.45. The Hall–Kier alpha value is -2.61. The van der Waals surface area contributed by atoms with Gasteiger partial charge in [0.15, 0.2) is 23.8 Å². The summed E-state index contributed by atoms with van der Waals surface area (Å²) in [5.41, 5.74) is 0.992. The number of ether oxygens (including phenoxy) is 2. The maximum atomic E-state index is 13.9. The molecule has 0 spiro atoms. The summed E-state index contributed by atoms with van der Waals surface area (Å²) in [5.74, 6) is -1.36. The number of benzene rings is 2. The van der Waals surface area contributed by atoms with Gasteiger partial charge in [0.2, 0.25) is 17.4 Å². The van der Waals surface area contributed by atoms with E-state index in [1.54, 1.807) is 16.7 Å². The van der Waals surface area contributed by atoms with E-state index in [9.17, 15) is 13.6 Å². The first-order chi connectivity index (χ1) is 13.6. The number of nitrogens with zero attached hydrogens (tertiary/aromatic N) is 2. The molecule has 3 aliphatic rings. The van der Waals surface area contributed by atoms with Gasteiger partial charge in [0.05, 0.1) is 18.1 Å². The highest BCUT2D eigenvalue weighted by molar-refractivity contribution is 8.14. The van der Waals surface area contributed by atoms with Crippen LogP contribution in [0, 0.1) is 11.6 Å². The van der Waals surface area contributed by atoms with Crippen molar-refractivity contribution in [1.29, 1.82) is 0 Å². The third-order valence-electron chi connectivity index (χ3n) is 5.04. The van der Waals surface area contributed by atoms with Crippen molar-refractivity contribution in [1.82, 2.24) is 4.90 Å². The highest BCUT2D eigenvalue weighted by Crippen LogP contribution is 2.40. The topological polar surface area (TPSA) is 51.1 Å². The number of amides is 1. The molecule has 144 valence electrons. The molecule has 1 amide bonds. The number of thioether (sulfide) groups is 1. The number of carbonyl (C=O) groups excluding carboxylic acids is 1. The maximum absolute atomic E-state index is 13.9. The van der Waals surface area contributed by atoms with Crippen LogP contribution >= 0.6 is 11.8 Å². The molecule has 3 aliphatic heterocycles. The second kappa shape index (κ2) is 6.77. The van der Waals surface area contributed by atoms with Crippen molar-refractivity contribution in [3.05, 3.63) is 59.7 Å². The van der Waals surface area contributed by atoms with Crippen LogP contribution < -0.4 is 9.47 Å². The predicted molar refractivity (Wildman–Crippen MR) is 101 cm³/mol. The number of rotatable bonds is 2. The first kappa shape index (κ1) is 17.5. The van der Waals surface area contributed by atoms with E-state index in [2.05, 4.69) is 4.99 Å². The Bertz CT molecular complexity index is 930. The lowest BCUT2D eigenvalue weighted by Gasteiger charge is -2.28. The molecular weight excluding hydrogens is 386 g/mol. The van der Waals surface area contributed by atoms with Crippen LogP contribution in [-0.4, -0.2) is 52.9 Å². The van der Waals surface area contributed by atoms with Gasteiger partial charge in [0.25, 0.3) is 0 Å². The lowest BCUT2D eigenvalue weighted by atomic mass is 10.2. The Balaban J connectivity index is 1.31. The lowest BCUT2D eigenvalue weighted by molar-refractivity contribution is -0.131. The van der Waals surface area contributed by atoms with Crippen LogP contribution in [0.15, 0.2) is 47.5 Å². The van der Waals surface area contributed by atoms with Crippen molar-refractivity contribution in [3.63, 3.8) is 0 Å². The second-order valence-corrected chi connectivity index (χ2v) is 7.88. The molecule has 0 aromatic heterocycles. The van der Waals surface area contributed by atoms with E-state index in [-0.39, 0.29) is 30.5 Å². The minimum atomic E-state index is -0.677. The van der Waals surface area contributed by atoms with E-state index in [4.69, 9.17) is 9.47 Å². The zero-order chi connectivity index (χ0) is 19.3. The van der Waals surface area contributed by atoms with Gasteiger partial charge in [0, 0.05) is 11.3 Å². The maximum Gasteiger partial charge on any atom is 0.248 e. The number of aliphatic imine (C=N–C) groups is 1. The zero-order valence-electron chi connectivity index (χ0n) is 14.7. The second-order valence-electron chi connectivity index (χ2n) is 6.87. The molecule has 0 N–H and O–H groups in total. The summed E-state index contributed by atoms with van der Waals surface area (Å²) in [4.78, 5) is 19.1. The summed E-state index contributed by atoms with van der Waals surface area (Å²) < 4.78 is 39.1. The molecule has 0 aliphatic carbocycles. The molecule has 1 fully saturated rings. The molecule has 0 bridgehead atoms. The van der Waals surface area contributed by atoms with Crippen molar-refractivity contribution >= 4 is 22.7 Å². The van der Waals surface area contributed by atoms with Crippen LogP contribution in [0.2, 0.25) is 0 Å². The first-order valence-corrected chi connectivity index (χ1v) is 9.95. The van der Waals surface area contributed by atoms with Gasteiger partial charge < -0.3 is 14.4 Å². The largest absolute Gasteiger partial charge is 0.478 e. The normalized spacial score (nSPS) is 25.4. The number of hydrogen-bond donors (Lipinski definition) is 0. The van der Waals surface area contributed by atoms with Gasteiger partial charge >= 0.3 is 0 Å². The minimum absolute atomic E-state index is 0.120.